The molecule has 0 saturated carbocycles. The number of nitrogens with zero attached hydrogens (tertiary/aromatic N) is 2. The molecule has 1 aliphatic rings. The quantitative estimate of drug-likeness (QED) is 0.804. The van der Waals surface area contributed by atoms with E-state index >= 15 is 0 Å². The van der Waals surface area contributed by atoms with E-state index in [4.69, 9.17) is 0 Å². The van der Waals surface area contributed by atoms with E-state index in [-0.39, 0.29) is 5.91 Å². The first-order valence-electron chi connectivity index (χ1n) is 7.35. The number of carbonyl (C=O) groups excluding carboxylic acids is 1. The zero-order chi connectivity index (χ0) is 14.5. The number of fused-ring (bicyclic) bond motifs is 1. The minimum absolute atomic E-state index is 0.0483. The highest BCUT2D eigenvalue weighted by atomic mass is 16.1. The van der Waals surface area contributed by atoms with E-state index in [1.807, 2.05) is 12.1 Å². The van der Waals surface area contributed by atoms with Crippen molar-refractivity contribution in [3.05, 3.63) is 29.3 Å². The minimum atomic E-state index is 0.0483. The van der Waals surface area contributed by atoms with Crippen LogP contribution in [0.3, 0.4) is 0 Å². The zero-order valence-electron chi connectivity index (χ0n) is 12.8. The van der Waals surface area contributed by atoms with Gasteiger partial charge in [-0.25, -0.2) is 0 Å². The summed E-state index contributed by atoms with van der Waals surface area (Å²) in [5, 5.41) is 3.00. The van der Waals surface area contributed by atoms with Crippen molar-refractivity contribution >= 4 is 11.6 Å². The van der Waals surface area contributed by atoms with E-state index < -0.39 is 0 Å². The number of hydrogen-bond donors (Lipinski definition) is 1. The van der Waals surface area contributed by atoms with Gasteiger partial charge in [-0.05, 0) is 63.7 Å². The highest BCUT2D eigenvalue weighted by molar-refractivity contribution is 5.95. The fourth-order valence-electron chi connectivity index (χ4n) is 2.56. The van der Waals surface area contributed by atoms with Gasteiger partial charge in [-0.1, -0.05) is 0 Å². The van der Waals surface area contributed by atoms with Gasteiger partial charge in [0.15, 0.2) is 0 Å². The van der Waals surface area contributed by atoms with Crippen LogP contribution in [0.4, 0.5) is 5.69 Å². The number of likely N-dealkylation sites (N-methyl/N-ethyl adjacent to an activating group) is 1. The summed E-state index contributed by atoms with van der Waals surface area (Å²) in [4.78, 5) is 16.5. The first-order valence-corrected chi connectivity index (χ1v) is 7.35. The van der Waals surface area contributed by atoms with Crippen LogP contribution in [-0.4, -0.2) is 51.6 Å². The molecule has 2 rings (SSSR count). The number of rotatable bonds is 6. The molecule has 4 nitrogen and oxygen atoms in total. The van der Waals surface area contributed by atoms with Crippen LogP contribution in [-0.2, 0) is 6.42 Å². The number of nitrogens with one attached hydrogen (secondary N) is 1. The molecule has 1 aliphatic heterocycles. The summed E-state index contributed by atoms with van der Waals surface area (Å²) in [7, 11) is 6.23. The largest absolute Gasteiger partial charge is 0.374 e. The lowest BCUT2D eigenvalue weighted by atomic mass is 10.1. The summed E-state index contributed by atoms with van der Waals surface area (Å²) in [5.41, 5.74) is 3.33. The van der Waals surface area contributed by atoms with Gasteiger partial charge in [0, 0.05) is 31.4 Å². The van der Waals surface area contributed by atoms with Gasteiger partial charge in [0.1, 0.15) is 0 Å². The molecule has 0 fully saturated rings. The van der Waals surface area contributed by atoms with E-state index in [0.717, 1.165) is 44.5 Å². The van der Waals surface area contributed by atoms with Crippen molar-refractivity contribution in [1.29, 1.82) is 0 Å². The number of unbranched alkanes of at least 4 members (excludes halogenated alkanes) is 1. The fraction of sp³-hybridized carbons (Fsp3) is 0.562. The third-order valence-corrected chi connectivity index (χ3v) is 3.79. The molecule has 0 aromatic heterocycles. The van der Waals surface area contributed by atoms with Crippen LogP contribution in [0.1, 0.15) is 28.8 Å². The SMILES string of the molecule is CN(C)CCCCNC(=O)c1ccc2c(c1)CCN2C. The van der Waals surface area contributed by atoms with Crippen LogP contribution in [0.5, 0.6) is 0 Å². The predicted octanol–water partition coefficient (Wildman–Crippen LogP) is 1.75. The van der Waals surface area contributed by atoms with Gasteiger partial charge < -0.3 is 15.1 Å². The average Bonchev–Trinajstić information content (AvgIpc) is 2.79. The molecule has 0 radical (unpaired) electrons. The molecule has 0 atom stereocenters. The maximum absolute atomic E-state index is 12.1. The van der Waals surface area contributed by atoms with E-state index in [2.05, 4.69) is 42.3 Å². The van der Waals surface area contributed by atoms with Crippen LogP contribution in [0.25, 0.3) is 0 Å². The molecule has 0 saturated heterocycles. The molecule has 20 heavy (non-hydrogen) atoms. The maximum Gasteiger partial charge on any atom is 0.251 e. The molecule has 1 aromatic carbocycles. The molecule has 0 aliphatic carbocycles. The smallest absolute Gasteiger partial charge is 0.251 e. The molecule has 1 amide bonds. The molecular weight excluding hydrogens is 250 g/mol. The monoisotopic (exact) mass is 275 g/mol. The summed E-state index contributed by atoms with van der Waals surface area (Å²) < 4.78 is 0. The Morgan fingerprint density at radius 2 is 2.15 bits per heavy atom. The predicted molar refractivity (Wildman–Crippen MR) is 83.5 cm³/mol. The lowest BCUT2D eigenvalue weighted by molar-refractivity contribution is 0.0952. The molecule has 0 spiro atoms. The fourth-order valence-corrected chi connectivity index (χ4v) is 2.56. The molecule has 0 bridgehead atoms. The van der Waals surface area contributed by atoms with Gasteiger partial charge >= 0.3 is 0 Å². The Hall–Kier alpha value is -1.55. The molecule has 1 aromatic rings. The Balaban J connectivity index is 1.81. The Morgan fingerprint density at radius 3 is 2.90 bits per heavy atom. The van der Waals surface area contributed by atoms with Gasteiger partial charge in [-0.3, -0.25) is 4.79 Å². The highest BCUT2D eigenvalue weighted by Crippen LogP contribution is 2.27. The Kier molecular flexibility index (Phi) is 5.01. The van der Waals surface area contributed by atoms with Crippen molar-refractivity contribution in [2.45, 2.75) is 19.3 Å². The number of amides is 1. The minimum Gasteiger partial charge on any atom is -0.374 e. The van der Waals surface area contributed by atoms with Gasteiger partial charge in [0.25, 0.3) is 5.91 Å². The van der Waals surface area contributed by atoms with Crippen molar-refractivity contribution < 1.29 is 4.79 Å². The summed E-state index contributed by atoms with van der Waals surface area (Å²) in [6.45, 7) is 2.87. The van der Waals surface area contributed by atoms with Crippen LogP contribution in [0.2, 0.25) is 0 Å². The number of hydrogen-bond acceptors (Lipinski definition) is 3. The van der Waals surface area contributed by atoms with E-state index in [1.54, 1.807) is 0 Å². The Morgan fingerprint density at radius 1 is 1.35 bits per heavy atom. The number of carbonyl (C=O) groups is 1. The third-order valence-electron chi connectivity index (χ3n) is 3.79. The first-order chi connectivity index (χ1) is 9.58. The molecule has 1 N–H and O–H groups in total. The molecule has 4 heteroatoms. The van der Waals surface area contributed by atoms with Crippen molar-refractivity contribution in [2.75, 3.05) is 45.7 Å². The second-order valence-corrected chi connectivity index (χ2v) is 5.78. The lowest BCUT2D eigenvalue weighted by Crippen LogP contribution is -2.25. The second kappa shape index (κ2) is 6.75. The molecular formula is C16H25N3O. The normalized spacial score (nSPS) is 13.7. The first kappa shape index (κ1) is 14.9. The molecule has 0 unspecified atom stereocenters. The summed E-state index contributed by atoms with van der Waals surface area (Å²) in [6, 6.07) is 6.02. The second-order valence-electron chi connectivity index (χ2n) is 5.78. The lowest BCUT2D eigenvalue weighted by Gasteiger charge is -2.12. The average molecular weight is 275 g/mol. The van der Waals surface area contributed by atoms with Crippen LogP contribution in [0.15, 0.2) is 18.2 Å². The summed E-state index contributed by atoms with van der Waals surface area (Å²) in [6.07, 6.45) is 3.18. The summed E-state index contributed by atoms with van der Waals surface area (Å²) in [5.74, 6) is 0.0483. The molecule has 110 valence electrons. The maximum atomic E-state index is 12.1. The zero-order valence-corrected chi connectivity index (χ0v) is 12.8. The molecule has 1 heterocycles. The Bertz CT molecular complexity index is 471. The topological polar surface area (TPSA) is 35.6 Å². The van der Waals surface area contributed by atoms with Crippen molar-refractivity contribution in [1.82, 2.24) is 10.2 Å². The van der Waals surface area contributed by atoms with Gasteiger partial charge in [-0.15, -0.1) is 0 Å². The summed E-state index contributed by atoms with van der Waals surface area (Å²) >= 11 is 0. The van der Waals surface area contributed by atoms with Crippen molar-refractivity contribution in [3.63, 3.8) is 0 Å². The number of benzene rings is 1. The van der Waals surface area contributed by atoms with Gasteiger partial charge in [-0.2, -0.15) is 0 Å². The van der Waals surface area contributed by atoms with E-state index in [0.29, 0.717) is 0 Å². The Labute approximate surface area is 121 Å². The highest BCUT2D eigenvalue weighted by Gasteiger charge is 2.17. The standard InChI is InChI=1S/C16H25N3O/c1-18(2)10-5-4-9-17-16(20)14-6-7-15-13(12-14)8-11-19(15)3/h6-7,12H,4-5,8-11H2,1-3H3,(H,17,20). The van der Waals surface area contributed by atoms with Crippen LogP contribution < -0.4 is 10.2 Å². The van der Waals surface area contributed by atoms with Crippen LogP contribution >= 0.6 is 0 Å². The van der Waals surface area contributed by atoms with E-state index in [9.17, 15) is 4.79 Å². The van der Waals surface area contributed by atoms with Crippen LogP contribution in [0, 0.1) is 0 Å². The van der Waals surface area contributed by atoms with E-state index in [1.165, 1.54) is 11.3 Å². The van der Waals surface area contributed by atoms with Gasteiger partial charge in [0.05, 0.1) is 0 Å². The third kappa shape index (κ3) is 3.73. The van der Waals surface area contributed by atoms with Gasteiger partial charge in [0.2, 0.25) is 0 Å². The van der Waals surface area contributed by atoms with Crippen molar-refractivity contribution in [2.24, 2.45) is 0 Å². The number of anilines is 1. The van der Waals surface area contributed by atoms with Crippen molar-refractivity contribution in [3.8, 4) is 0 Å².